The van der Waals surface area contributed by atoms with E-state index in [0.29, 0.717) is 16.9 Å². The van der Waals surface area contributed by atoms with E-state index in [2.05, 4.69) is 0 Å². The second kappa shape index (κ2) is 8.20. The van der Waals surface area contributed by atoms with Gasteiger partial charge in [-0.05, 0) is 36.4 Å². The molecule has 178 valence electrons. The molecule has 7 nitrogen and oxygen atoms in total. The van der Waals surface area contributed by atoms with Gasteiger partial charge in [-0.3, -0.25) is 14.4 Å². The molecule has 0 amide bonds. The number of carbonyl (C=O) groups excluding carboxylic acids is 1. The summed E-state index contributed by atoms with van der Waals surface area (Å²) in [4.78, 5) is 39.3. The van der Waals surface area contributed by atoms with Gasteiger partial charge in [-0.2, -0.15) is 0 Å². The summed E-state index contributed by atoms with van der Waals surface area (Å²) in [5, 5.41) is 0.458. The average molecular weight is 484 g/mol. The van der Waals surface area contributed by atoms with Gasteiger partial charge in [0.15, 0.2) is 5.43 Å². The van der Waals surface area contributed by atoms with Gasteiger partial charge in [-0.25, -0.2) is 4.39 Å². The Morgan fingerprint density at radius 3 is 2.53 bits per heavy atom. The zero-order chi connectivity index (χ0) is 25.0. The molecule has 0 bridgehead atoms. The minimum absolute atomic E-state index is 0.0576. The van der Waals surface area contributed by atoms with E-state index in [1.807, 2.05) is 0 Å². The van der Waals surface area contributed by atoms with E-state index in [1.165, 1.54) is 50.0 Å². The molecule has 0 N–H and O–H groups in total. The smallest absolute Gasteiger partial charge is 0.312 e. The maximum Gasteiger partial charge on any atom is 0.312 e. The van der Waals surface area contributed by atoms with E-state index in [-0.39, 0.29) is 50.6 Å². The van der Waals surface area contributed by atoms with E-state index >= 15 is 0 Å². The summed E-state index contributed by atoms with van der Waals surface area (Å²) in [5.74, 6) is -1.23. The lowest BCUT2D eigenvalue weighted by atomic mass is 9.85. The molecule has 3 aromatic carbocycles. The number of benzene rings is 3. The number of hydrogen-bond acceptors (Lipinski definition) is 7. The Bertz CT molecular complexity index is 1820. The van der Waals surface area contributed by atoms with Crippen molar-refractivity contribution < 1.29 is 27.5 Å². The van der Waals surface area contributed by atoms with Crippen LogP contribution in [-0.2, 0) is 4.79 Å². The number of rotatable bonds is 3. The lowest BCUT2D eigenvalue weighted by molar-refractivity contribution is -0.135. The molecule has 6 rings (SSSR count). The van der Waals surface area contributed by atoms with Crippen molar-refractivity contribution in [3.05, 3.63) is 105 Å². The van der Waals surface area contributed by atoms with Gasteiger partial charge in [-0.1, -0.05) is 18.2 Å². The summed E-state index contributed by atoms with van der Waals surface area (Å²) in [5.41, 5.74) is 0.474. The standard InChI is InChI=1S/C28H17FO7/c1-33-14-6-8-22-18(10-14)27(32)20(12-34-22)17-11-24(30)36-23-9-7-16-26(31)19(13-35-28(16)25(17)23)15-4-2-3-5-21(15)29/h2-10,12-13,17H,11H2,1H3. The normalized spacial score (nSPS) is 15.1. The van der Waals surface area contributed by atoms with E-state index in [1.54, 1.807) is 24.3 Å². The molecule has 2 aromatic heterocycles. The third-order valence-electron chi connectivity index (χ3n) is 6.43. The highest BCUT2D eigenvalue weighted by molar-refractivity contribution is 5.90. The molecule has 5 aromatic rings. The number of esters is 1. The van der Waals surface area contributed by atoms with Crippen LogP contribution in [0.4, 0.5) is 4.39 Å². The van der Waals surface area contributed by atoms with Crippen molar-refractivity contribution in [2.24, 2.45) is 0 Å². The van der Waals surface area contributed by atoms with Gasteiger partial charge in [0.05, 0.1) is 36.1 Å². The highest BCUT2D eigenvalue weighted by Crippen LogP contribution is 2.42. The third kappa shape index (κ3) is 3.30. The van der Waals surface area contributed by atoms with Gasteiger partial charge < -0.3 is 18.3 Å². The predicted octanol–water partition coefficient (Wildman–Crippen LogP) is 5.16. The maximum absolute atomic E-state index is 14.4. The molecule has 1 aliphatic heterocycles. The third-order valence-corrected chi connectivity index (χ3v) is 6.43. The quantitative estimate of drug-likeness (QED) is 0.258. The molecule has 36 heavy (non-hydrogen) atoms. The summed E-state index contributed by atoms with van der Waals surface area (Å²) in [7, 11) is 1.49. The van der Waals surface area contributed by atoms with Gasteiger partial charge in [0, 0.05) is 22.6 Å². The van der Waals surface area contributed by atoms with Gasteiger partial charge in [0.25, 0.3) is 0 Å². The topological polar surface area (TPSA) is 96.0 Å². The fourth-order valence-electron chi connectivity index (χ4n) is 4.68. The van der Waals surface area contributed by atoms with E-state index in [9.17, 15) is 18.8 Å². The van der Waals surface area contributed by atoms with Crippen molar-refractivity contribution in [2.45, 2.75) is 12.3 Å². The summed E-state index contributed by atoms with van der Waals surface area (Å²) in [6.45, 7) is 0. The van der Waals surface area contributed by atoms with Crippen LogP contribution in [0, 0.1) is 5.82 Å². The summed E-state index contributed by atoms with van der Waals surface area (Å²) < 4.78 is 36.6. The second-order valence-corrected chi connectivity index (χ2v) is 8.43. The molecule has 1 atom stereocenters. The number of hydrogen-bond donors (Lipinski definition) is 0. The second-order valence-electron chi connectivity index (χ2n) is 8.43. The van der Waals surface area contributed by atoms with Crippen LogP contribution in [0.15, 0.2) is 85.5 Å². The molecular formula is C28H17FO7. The minimum Gasteiger partial charge on any atom is -0.497 e. The molecule has 0 radical (unpaired) electrons. The Morgan fingerprint density at radius 2 is 1.72 bits per heavy atom. The molecule has 0 spiro atoms. The molecule has 0 saturated carbocycles. The monoisotopic (exact) mass is 484 g/mol. The largest absolute Gasteiger partial charge is 0.497 e. The van der Waals surface area contributed by atoms with Crippen LogP contribution in [0.3, 0.4) is 0 Å². The number of fused-ring (bicyclic) bond motifs is 4. The molecule has 1 unspecified atom stereocenters. The van der Waals surface area contributed by atoms with Crippen LogP contribution >= 0.6 is 0 Å². The lowest BCUT2D eigenvalue weighted by Gasteiger charge is -2.25. The first kappa shape index (κ1) is 21.8. The lowest BCUT2D eigenvalue weighted by Crippen LogP contribution is -2.25. The average Bonchev–Trinajstić information content (AvgIpc) is 2.89. The van der Waals surface area contributed by atoms with Crippen molar-refractivity contribution in [1.29, 1.82) is 0 Å². The van der Waals surface area contributed by atoms with E-state index in [0.717, 1.165) is 0 Å². The summed E-state index contributed by atoms with van der Waals surface area (Å²) in [6.07, 6.45) is 2.34. The van der Waals surface area contributed by atoms with E-state index < -0.39 is 23.1 Å². The van der Waals surface area contributed by atoms with Crippen LogP contribution in [0.1, 0.15) is 23.5 Å². The van der Waals surface area contributed by atoms with Gasteiger partial charge in [-0.15, -0.1) is 0 Å². The first-order valence-corrected chi connectivity index (χ1v) is 11.1. The number of ether oxygens (including phenoxy) is 2. The fourth-order valence-corrected chi connectivity index (χ4v) is 4.68. The molecule has 0 saturated heterocycles. The molecule has 1 aliphatic rings. The summed E-state index contributed by atoms with van der Waals surface area (Å²) in [6, 6.07) is 13.7. The first-order chi connectivity index (χ1) is 17.5. The predicted molar refractivity (Wildman–Crippen MR) is 129 cm³/mol. The fraction of sp³-hybridized carbons (Fsp3) is 0.107. The van der Waals surface area contributed by atoms with Crippen molar-refractivity contribution >= 4 is 27.9 Å². The number of carbonyl (C=O) groups is 1. The van der Waals surface area contributed by atoms with Crippen LogP contribution in [-0.4, -0.2) is 13.1 Å². The van der Waals surface area contributed by atoms with Gasteiger partial charge >= 0.3 is 5.97 Å². The van der Waals surface area contributed by atoms with Gasteiger partial charge in [0.1, 0.15) is 34.7 Å². The van der Waals surface area contributed by atoms with Crippen LogP contribution in [0.25, 0.3) is 33.1 Å². The van der Waals surface area contributed by atoms with Crippen LogP contribution < -0.4 is 20.3 Å². The molecular weight excluding hydrogens is 467 g/mol. The van der Waals surface area contributed by atoms with Crippen molar-refractivity contribution in [1.82, 2.24) is 0 Å². The minimum atomic E-state index is -0.792. The number of methoxy groups -OCH3 is 1. The Labute approximate surface area is 202 Å². The van der Waals surface area contributed by atoms with Crippen molar-refractivity contribution in [3.63, 3.8) is 0 Å². The van der Waals surface area contributed by atoms with Crippen molar-refractivity contribution in [3.8, 4) is 22.6 Å². The SMILES string of the molecule is COc1ccc2occ(C3CC(=O)Oc4ccc5c(=O)c(-c6ccccc6F)coc5c43)c(=O)c2c1. The number of halogens is 1. The molecule has 0 fully saturated rings. The van der Waals surface area contributed by atoms with Crippen molar-refractivity contribution in [2.75, 3.05) is 7.11 Å². The highest BCUT2D eigenvalue weighted by Gasteiger charge is 2.34. The Morgan fingerprint density at radius 1 is 0.889 bits per heavy atom. The zero-order valence-corrected chi connectivity index (χ0v) is 18.9. The first-order valence-electron chi connectivity index (χ1n) is 11.1. The van der Waals surface area contributed by atoms with Gasteiger partial charge in [0.2, 0.25) is 5.43 Å². The Hall–Kier alpha value is -4.72. The zero-order valence-electron chi connectivity index (χ0n) is 18.9. The molecule has 8 heteroatoms. The Balaban J connectivity index is 1.60. The molecule has 3 heterocycles. The highest BCUT2D eigenvalue weighted by atomic mass is 19.1. The maximum atomic E-state index is 14.4. The van der Waals surface area contributed by atoms with Crippen LogP contribution in [0.2, 0.25) is 0 Å². The molecule has 0 aliphatic carbocycles. The summed E-state index contributed by atoms with van der Waals surface area (Å²) >= 11 is 0. The van der Waals surface area contributed by atoms with Crippen LogP contribution in [0.5, 0.6) is 11.5 Å². The van der Waals surface area contributed by atoms with E-state index in [4.69, 9.17) is 18.3 Å². The Kier molecular flexibility index (Phi) is 4.96.